The molecule has 2 aromatic heterocycles. The molecule has 1 saturated heterocycles. The first-order valence-corrected chi connectivity index (χ1v) is 10.4. The number of amides is 1. The van der Waals surface area contributed by atoms with Crippen molar-refractivity contribution in [2.75, 3.05) is 31.6 Å². The Bertz CT molecular complexity index is 1070. The molecule has 0 bridgehead atoms. The average Bonchev–Trinajstić information content (AvgIpc) is 3.30. The Morgan fingerprint density at radius 3 is 2.45 bits per heavy atom. The molecule has 29 heavy (non-hydrogen) atoms. The maximum absolute atomic E-state index is 12.6. The lowest BCUT2D eigenvalue weighted by Gasteiger charge is -2.26. The number of sulfonamides is 1. The van der Waals surface area contributed by atoms with E-state index in [1.807, 2.05) is 0 Å². The van der Waals surface area contributed by atoms with Crippen LogP contribution in [0.5, 0.6) is 0 Å². The van der Waals surface area contributed by atoms with Gasteiger partial charge in [-0.2, -0.15) is 4.31 Å². The number of rotatable bonds is 5. The molecule has 1 aliphatic heterocycles. The summed E-state index contributed by atoms with van der Waals surface area (Å²) in [7, 11) is -3.59. The first-order chi connectivity index (χ1) is 14.0. The van der Waals surface area contributed by atoms with E-state index in [0.29, 0.717) is 43.4 Å². The maximum atomic E-state index is 12.6. The van der Waals surface area contributed by atoms with Gasteiger partial charge in [-0.05, 0) is 36.4 Å². The predicted molar refractivity (Wildman–Crippen MR) is 105 cm³/mol. The van der Waals surface area contributed by atoms with Gasteiger partial charge in [0.1, 0.15) is 12.1 Å². The summed E-state index contributed by atoms with van der Waals surface area (Å²) in [5.74, 6) is 0.329. The van der Waals surface area contributed by atoms with Crippen molar-refractivity contribution in [3.8, 4) is 5.82 Å². The summed E-state index contributed by atoms with van der Waals surface area (Å²) in [4.78, 5) is 20.9. The summed E-state index contributed by atoms with van der Waals surface area (Å²) in [5.41, 5.74) is 0.883. The van der Waals surface area contributed by atoms with E-state index in [4.69, 9.17) is 4.74 Å². The van der Waals surface area contributed by atoms with Crippen molar-refractivity contribution in [2.24, 2.45) is 0 Å². The van der Waals surface area contributed by atoms with E-state index in [2.05, 4.69) is 15.3 Å². The van der Waals surface area contributed by atoms with Gasteiger partial charge in [0.25, 0.3) is 5.91 Å². The van der Waals surface area contributed by atoms with Gasteiger partial charge in [-0.3, -0.25) is 9.36 Å². The van der Waals surface area contributed by atoms with Crippen LogP contribution in [0.4, 0.5) is 5.69 Å². The number of aromatic nitrogens is 3. The second-order valence-corrected chi connectivity index (χ2v) is 8.31. The van der Waals surface area contributed by atoms with Gasteiger partial charge in [0.2, 0.25) is 10.0 Å². The SMILES string of the molecule is O=C(Nc1ccc(-n2ccnc2)nc1)c1ccc(S(=O)(=O)N2CCOCC2)cc1. The number of morpholine rings is 1. The highest BCUT2D eigenvalue weighted by molar-refractivity contribution is 7.89. The van der Waals surface area contributed by atoms with Crippen molar-refractivity contribution >= 4 is 21.6 Å². The van der Waals surface area contributed by atoms with Crippen molar-refractivity contribution in [3.05, 3.63) is 66.9 Å². The van der Waals surface area contributed by atoms with Gasteiger partial charge in [-0.1, -0.05) is 0 Å². The van der Waals surface area contributed by atoms with Crippen LogP contribution in [0.3, 0.4) is 0 Å². The molecular formula is C19H19N5O4S. The Morgan fingerprint density at radius 2 is 1.83 bits per heavy atom. The lowest BCUT2D eigenvalue weighted by atomic mass is 10.2. The molecular weight excluding hydrogens is 394 g/mol. The predicted octanol–water partition coefficient (Wildman–Crippen LogP) is 1.54. The second kappa shape index (κ2) is 8.11. The summed E-state index contributed by atoms with van der Waals surface area (Å²) < 4.78 is 33.6. The highest BCUT2D eigenvalue weighted by Gasteiger charge is 2.26. The van der Waals surface area contributed by atoms with Gasteiger partial charge < -0.3 is 10.1 Å². The van der Waals surface area contributed by atoms with Gasteiger partial charge in [0.15, 0.2) is 0 Å². The smallest absolute Gasteiger partial charge is 0.255 e. The molecule has 0 unspecified atom stereocenters. The van der Waals surface area contributed by atoms with Gasteiger partial charge in [0, 0.05) is 31.0 Å². The Morgan fingerprint density at radius 1 is 1.07 bits per heavy atom. The molecule has 0 radical (unpaired) electrons. The molecule has 1 amide bonds. The zero-order valence-electron chi connectivity index (χ0n) is 15.4. The molecule has 3 aromatic rings. The van der Waals surface area contributed by atoms with Gasteiger partial charge >= 0.3 is 0 Å². The third-order valence-electron chi connectivity index (χ3n) is 4.50. The van der Waals surface area contributed by atoms with Crippen LogP contribution in [0, 0.1) is 0 Å². The highest BCUT2D eigenvalue weighted by Crippen LogP contribution is 2.18. The first kappa shape index (κ1) is 19.2. The fourth-order valence-corrected chi connectivity index (χ4v) is 4.33. The van der Waals surface area contributed by atoms with Gasteiger partial charge in [0.05, 0.1) is 30.0 Å². The van der Waals surface area contributed by atoms with E-state index in [0.717, 1.165) is 0 Å². The average molecular weight is 413 g/mol. The van der Waals surface area contributed by atoms with Crippen molar-refractivity contribution < 1.29 is 17.9 Å². The highest BCUT2D eigenvalue weighted by atomic mass is 32.2. The van der Waals surface area contributed by atoms with Crippen LogP contribution < -0.4 is 5.32 Å². The zero-order chi connectivity index (χ0) is 20.3. The van der Waals surface area contributed by atoms with E-state index >= 15 is 0 Å². The normalized spacial score (nSPS) is 15.2. The molecule has 10 heteroatoms. The number of hydrogen-bond donors (Lipinski definition) is 1. The number of imidazole rings is 1. The Balaban J connectivity index is 1.44. The van der Waals surface area contributed by atoms with Crippen molar-refractivity contribution in [1.29, 1.82) is 0 Å². The molecule has 150 valence electrons. The van der Waals surface area contributed by atoms with Gasteiger partial charge in [-0.25, -0.2) is 18.4 Å². The third kappa shape index (κ3) is 4.19. The quantitative estimate of drug-likeness (QED) is 0.680. The number of hydrogen-bond acceptors (Lipinski definition) is 6. The van der Waals surface area contributed by atoms with E-state index in [9.17, 15) is 13.2 Å². The van der Waals surface area contributed by atoms with E-state index < -0.39 is 10.0 Å². The van der Waals surface area contributed by atoms with Gasteiger partial charge in [-0.15, -0.1) is 0 Å². The van der Waals surface area contributed by atoms with E-state index in [-0.39, 0.29) is 10.8 Å². The fraction of sp³-hybridized carbons (Fsp3) is 0.211. The monoisotopic (exact) mass is 413 g/mol. The molecule has 0 saturated carbocycles. The minimum absolute atomic E-state index is 0.155. The summed E-state index contributed by atoms with van der Waals surface area (Å²) in [6, 6.07) is 9.37. The molecule has 1 fully saturated rings. The van der Waals surface area contributed by atoms with Crippen molar-refractivity contribution in [1.82, 2.24) is 18.8 Å². The minimum Gasteiger partial charge on any atom is -0.379 e. The molecule has 1 aliphatic rings. The van der Waals surface area contributed by atoms with Crippen LogP contribution in [0.2, 0.25) is 0 Å². The molecule has 9 nitrogen and oxygen atoms in total. The zero-order valence-corrected chi connectivity index (χ0v) is 16.2. The standard InChI is InChI=1S/C19H19N5O4S/c25-19(22-16-3-6-18(21-13-16)23-8-7-20-14-23)15-1-4-17(5-2-15)29(26,27)24-9-11-28-12-10-24/h1-8,13-14H,9-12H2,(H,22,25). The molecule has 3 heterocycles. The summed E-state index contributed by atoms with van der Waals surface area (Å²) in [6.07, 6.45) is 6.60. The number of carbonyl (C=O) groups is 1. The minimum atomic E-state index is -3.59. The largest absolute Gasteiger partial charge is 0.379 e. The van der Waals surface area contributed by atoms with Crippen LogP contribution in [0.15, 0.2) is 66.2 Å². The van der Waals surface area contributed by atoms with E-state index in [1.54, 1.807) is 41.6 Å². The van der Waals surface area contributed by atoms with Crippen LogP contribution in [-0.2, 0) is 14.8 Å². The van der Waals surface area contributed by atoms with Crippen LogP contribution in [0.1, 0.15) is 10.4 Å². The number of ether oxygens (including phenoxy) is 1. The second-order valence-electron chi connectivity index (χ2n) is 6.37. The first-order valence-electron chi connectivity index (χ1n) is 8.98. The summed E-state index contributed by atoms with van der Waals surface area (Å²) in [6.45, 7) is 1.42. The topological polar surface area (TPSA) is 106 Å². The van der Waals surface area contributed by atoms with Crippen molar-refractivity contribution in [3.63, 3.8) is 0 Å². The number of anilines is 1. The van der Waals surface area contributed by atoms with Crippen LogP contribution >= 0.6 is 0 Å². The Kier molecular flexibility index (Phi) is 5.38. The lowest BCUT2D eigenvalue weighted by Crippen LogP contribution is -2.40. The van der Waals surface area contributed by atoms with Crippen LogP contribution in [-0.4, -0.2) is 59.5 Å². The third-order valence-corrected chi connectivity index (χ3v) is 6.41. The molecule has 0 spiro atoms. The number of nitrogens with one attached hydrogen (secondary N) is 1. The number of carbonyl (C=O) groups excluding carboxylic acids is 1. The number of pyridine rings is 1. The number of nitrogens with zero attached hydrogens (tertiary/aromatic N) is 4. The number of benzene rings is 1. The maximum Gasteiger partial charge on any atom is 0.255 e. The Labute approximate surface area is 168 Å². The van der Waals surface area contributed by atoms with Crippen LogP contribution in [0.25, 0.3) is 5.82 Å². The van der Waals surface area contributed by atoms with E-state index in [1.165, 1.54) is 28.6 Å². The Hall–Kier alpha value is -3.08. The molecule has 1 aromatic carbocycles. The summed E-state index contributed by atoms with van der Waals surface area (Å²) in [5, 5.41) is 2.75. The summed E-state index contributed by atoms with van der Waals surface area (Å²) >= 11 is 0. The molecule has 0 atom stereocenters. The fourth-order valence-electron chi connectivity index (χ4n) is 2.92. The molecule has 4 rings (SSSR count). The molecule has 1 N–H and O–H groups in total. The lowest BCUT2D eigenvalue weighted by molar-refractivity contribution is 0.0730. The molecule has 0 aliphatic carbocycles. The van der Waals surface area contributed by atoms with Crippen molar-refractivity contribution in [2.45, 2.75) is 4.90 Å².